The summed E-state index contributed by atoms with van der Waals surface area (Å²) < 4.78 is 37.5. The molecule has 0 saturated carbocycles. The molecule has 0 bridgehead atoms. The van der Waals surface area contributed by atoms with Gasteiger partial charge < -0.3 is 4.57 Å². The van der Waals surface area contributed by atoms with E-state index in [0.717, 1.165) is 6.26 Å². The fraction of sp³-hybridized carbons (Fsp3) is 0.400. The first kappa shape index (κ1) is 11.5. The van der Waals surface area contributed by atoms with Crippen LogP contribution in [0.15, 0.2) is 21.3 Å². The number of imidazole rings is 1. The fourth-order valence-corrected chi connectivity index (χ4v) is 4.37. The normalized spacial score (nSPS) is 16.2. The molecule has 1 heterocycles. The molecular formula is C5H8ClN3O3S2. The van der Waals surface area contributed by atoms with Crippen LogP contribution < -0.4 is 0 Å². The van der Waals surface area contributed by atoms with Gasteiger partial charge in [0.25, 0.3) is 0 Å². The van der Waals surface area contributed by atoms with Gasteiger partial charge in [0, 0.05) is 36.4 Å². The van der Waals surface area contributed by atoms with Gasteiger partial charge in [0.2, 0.25) is 5.16 Å². The molecule has 1 rings (SSSR count). The van der Waals surface area contributed by atoms with Gasteiger partial charge >= 0.3 is 9.24 Å². The van der Waals surface area contributed by atoms with E-state index in [1.54, 1.807) is 7.05 Å². The number of aryl methyl sites for hydroxylation is 1. The number of halogens is 1. The lowest BCUT2D eigenvalue weighted by atomic mass is 10.9. The molecular weight excluding hydrogens is 250 g/mol. The minimum absolute atomic E-state index is 0.0710. The van der Waals surface area contributed by atoms with Crippen molar-refractivity contribution in [3.05, 3.63) is 12.4 Å². The molecule has 80 valence electrons. The quantitative estimate of drug-likeness (QED) is 0.717. The van der Waals surface area contributed by atoms with E-state index in [1.807, 2.05) is 0 Å². The van der Waals surface area contributed by atoms with Crippen molar-refractivity contribution in [2.24, 2.45) is 10.8 Å². The Morgan fingerprint density at radius 3 is 2.43 bits per heavy atom. The number of rotatable bonds is 2. The van der Waals surface area contributed by atoms with E-state index in [0.29, 0.717) is 0 Å². The molecule has 0 fully saturated rings. The first-order valence-corrected chi connectivity index (χ1v) is 7.57. The van der Waals surface area contributed by atoms with Crippen molar-refractivity contribution in [2.45, 2.75) is 5.16 Å². The minimum Gasteiger partial charge on any atom is -0.326 e. The lowest BCUT2D eigenvalue weighted by molar-refractivity contribution is 0.610. The molecule has 1 unspecified atom stereocenters. The summed E-state index contributed by atoms with van der Waals surface area (Å²) in [7, 11) is -0.793. The van der Waals surface area contributed by atoms with E-state index >= 15 is 0 Å². The van der Waals surface area contributed by atoms with Crippen molar-refractivity contribution in [3.63, 3.8) is 0 Å². The van der Waals surface area contributed by atoms with Crippen molar-refractivity contribution in [3.8, 4) is 0 Å². The molecule has 14 heavy (non-hydrogen) atoms. The van der Waals surface area contributed by atoms with Crippen LogP contribution in [0.2, 0.25) is 0 Å². The number of hydrogen-bond acceptors (Lipinski definition) is 4. The van der Waals surface area contributed by atoms with Gasteiger partial charge in [-0.1, -0.05) is 3.77 Å². The molecule has 1 atom stereocenters. The topological polar surface area (TPSA) is 81.4 Å². The van der Waals surface area contributed by atoms with Gasteiger partial charge in [-0.25, -0.2) is 9.19 Å². The molecule has 0 aromatic carbocycles. The Hall–Kier alpha value is -0.600. The molecule has 0 saturated heterocycles. The lowest BCUT2D eigenvalue weighted by Crippen LogP contribution is -2.07. The van der Waals surface area contributed by atoms with E-state index in [2.05, 4.69) is 8.75 Å². The second kappa shape index (κ2) is 3.52. The van der Waals surface area contributed by atoms with E-state index < -0.39 is 19.0 Å². The van der Waals surface area contributed by atoms with Crippen molar-refractivity contribution in [1.29, 1.82) is 0 Å². The monoisotopic (exact) mass is 257 g/mol. The Balaban J connectivity index is 3.44. The second-order valence-electron chi connectivity index (χ2n) is 2.61. The standard InChI is InChI=1S/C5H8ClN3O3S2/c1-9-4-3-7-5(9)13(2,10)8-14(6,11)12/h3-4H,1-2H3. The van der Waals surface area contributed by atoms with E-state index in [-0.39, 0.29) is 5.16 Å². The van der Waals surface area contributed by atoms with Crippen LogP contribution in [0.25, 0.3) is 0 Å². The Bertz CT molecular complexity index is 553. The number of aromatic nitrogens is 2. The van der Waals surface area contributed by atoms with Gasteiger partial charge in [-0.05, 0) is 0 Å². The number of hydrogen-bond donors (Lipinski definition) is 0. The third-order valence-electron chi connectivity index (χ3n) is 1.35. The third kappa shape index (κ3) is 2.69. The van der Waals surface area contributed by atoms with Gasteiger partial charge in [-0.3, -0.25) is 0 Å². The molecule has 0 aliphatic carbocycles. The van der Waals surface area contributed by atoms with Crippen LogP contribution in [0.1, 0.15) is 0 Å². The largest absolute Gasteiger partial charge is 0.347 e. The van der Waals surface area contributed by atoms with Crippen molar-refractivity contribution in [1.82, 2.24) is 9.55 Å². The Morgan fingerprint density at radius 1 is 1.50 bits per heavy atom. The molecule has 6 nitrogen and oxygen atoms in total. The van der Waals surface area contributed by atoms with E-state index in [1.165, 1.54) is 17.0 Å². The maximum Gasteiger partial charge on any atom is 0.347 e. The highest BCUT2D eigenvalue weighted by atomic mass is 35.7. The zero-order chi connectivity index (χ0) is 11.0. The summed E-state index contributed by atoms with van der Waals surface area (Å²) >= 11 is 0. The summed E-state index contributed by atoms with van der Waals surface area (Å²) in [5.74, 6) is 0. The van der Waals surface area contributed by atoms with Crippen LogP contribution in [-0.4, -0.2) is 28.4 Å². The van der Waals surface area contributed by atoms with E-state index in [9.17, 15) is 12.6 Å². The lowest BCUT2D eigenvalue weighted by Gasteiger charge is -2.01. The first-order chi connectivity index (χ1) is 6.22. The summed E-state index contributed by atoms with van der Waals surface area (Å²) in [6.45, 7) is 0. The van der Waals surface area contributed by atoms with Crippen LogP contribution in [0.3, 0.4) is 0 Å². The average molecular weight is 258 g/mol. The Kier molecular flexibility index (Phi) is 2.88. The van der Waals surface area contributed by atoms with Crippen LogP contribution in [0, 0.1) is 0 Å². The average Bonchev–Trinajstić information content (AvgIpc) is 2.29. The molecule has 1 aromatic heterocycles. The van der Waals surface area contributed by atoms with Crippen molar-refractivity contribution < 1.29 is 12.6 Å². The molecule has 1 aromatic rings. The van der Waals surface area contributed by atoms with Gasteiger partial charge in [-0.15, -0.1) is 0 Å². The predicted molar refractivity (Wildman–Crippen MR) is 52.7 cm³/mol. The summed E-state index contributed by atoms with van der Waals surface area (Å²) in [5.41, 5.74) is 0. The van der Waals surface area contributed by atoms with Crippen LogP contribution in [0.4, 0.5) is 0 Å². The Morgan fingerprint density at radius 2 is 2.07 bits per heavy atom. The maximum atomic E-state index is 11.8. The SMILES string of the molecule is Cn1ccnc1S(C)(=O)=NS(=O)(=O)Cl. The van der Waals surface area contributed by atoms with Gasteiger partial charge in [-0.2, -0.15) is 8.42 Å². The molecule has 0 amide bonds. The number of nitrogens with zero attached hydrogens (tertiary/aromatic N) is 3. The van der Waals surface area contributed by atoms with Gasteiger partial charge in [0.05, 0.1) is 0 Å². The maximum absolute atomic E-state index is 11.8. The summed E-state index contributed by atoms with van der Waals surface area (Å²) in [6, 6.07) is 0. The first-order valence-electron chi connectivity index (χ1n) is 3.38. The van der Waals surface area contributed by atoms with Gasteiger partial charge in [0.1, 0.15) is 9.73 Å². The van der Waals surface area contributed by atoms with Gasteiger partial charge in [0.15, 0.2) is 0 Å². The predicted octanol–water partition coefficient (Wildman–Crippen LogP) is 0.360. The highest BCUT2D eigenvalue weighted by molar-refractivity contribution is 8.17. The van der Waals surface area contributed by atoms with Crippen LogP contribution in [-0.2, 0) is 26.0 Å². The fourth-order valence-electron chi connectivity index (χ4n) is 0.920. The molecule has 0 radical (unpaired) electrons. The molecule has 0 N–H and O–H groups in total. The van der Waals surface area contributed by atoms with E-state index in [4.69, 9.17) is 10.7 Å². The summed E-state index contributed by atoms with van der Waals surface area (Å²) in [4.78, 5) is 3.74. The van der Waals surface area contributed by atoms with Crippen LogP contribution in [0.5, 0.6) is 0 Å². The molecule has 0 aliphatic rings. The zero-order valence-corrected chi connectivity index (χ0v) is 9.80. The Labute approximate surface area is 86.6 Å². The molecule has 0 spiro atoms. The molecule has 9 heteroatoms. The van der Waals surface area contributed by atoms with Crippen molar-refractivity contribution in [2.75, 3.05) is 6.26 Å². The highest BCUT2D eigenvalue weighted by Crippen LogP contribution is 2.11. The molecule has 0 aliphatic heterocycles. The van der Waals surface area contributed by atoms with Crippen LogP contribution >= 0.6 is 10.7 Å². The summed E-state index contributed by atoms with van der Waals surface area (Å²) in [6.07, 6.45) is 4.10. The second-order valence-corrected chi connectivity index (χ2v) is 7.17. The highest BCUT2D eigenvalue weighted by Gasteiger charge is 2.15. The third-order valence-corrected chi connectivity index (χ3v) is 4.78. The zero-order valence-electron chi connectivity index (χ0n) is 7.42. The minimum atomic E-state index is -4.16. The smallest absolute Gasteiger partial charge is 0.326 e. The van der Waals surface area contributed by atoms with Crippen molar-refractivity contribution >= 4 is 29.6 Å². The summed E-state index contributed by atoms with van der Waals surface area (Å²) in [5, 5.41) is 0.0710.